The van der Waals surface area contributed by atoms with E-state index in [0.29, 0.717) is 23.7 Å². The molecule has 1 aliphatic carbocycles. The highest BCUT2D eigenvalue weighted by molar-refractivity contribution is 7.90. The lowest BCUT2D eigenvalue weighted by Crippen LogP contribution is -2.35. The number of nitro groups is 1. The van der Waals surface area contributed by atoms with Crippen LogP contribution in [-0.2, 0) is 34.2 Å². The van der Waals surface area contributed by atoms with E-state index in [1.165, 1.54) is 18.8 Å². The standard InChI is InChI=1S/C15H14Cl2N2O3.C14H13NO7S.C5H12NO4P/c1-5-6-21-12-8-11(9(16)7-10(12)17)19-14(20)22-13(18-19)15(2,3)4;1-23(21,22)8-5-6-9(10(7-8)15(19)20)14(18)13-11(16)3-2-4-12(13)17;1-11(9,10)3-2-4(6)5(7)8/h1,7-8H,6H2,2-4H3;5-7,13H,2-4H2,1H3;4H,2-3,6H2,1H3,(H,7,8)(H,9,10). The van der Waals surface area contributed by atoms with Gasteiger partial charge >= 0.3 is 11.7 Å². The molecule has 2 aromatic carbocycles. The molecule has 0 aliphatic heterocycles. The third kappa shape index (κ3) is 13.5. The number of hydrogen-bond acceptors (Lipinski definition) is 14. The number of carbonyl (C=O) groups excluding carboxylic acids is 3. The molecule has 1 saturated carbocycles. The van der Waals surface area contributed by atoms with Crippen LogP contribution >= 0.6 is 30.6 Å². The van der Waals surface area contributed by atoms with Crippen molar-refractivity contribution >= 4 is 69.4 Å². The molecule has 2 unspecified atom stereocenters. The van der Waals surface area contributed by atoms with E-state index in [-0.39, 0.29) is 47.0 Å². The second kappa shape index (κ2) is 19.4. The molecule has 0 radical (unpaired) electrons. The Bertz CT molecular complexity index is 2250. The third-order valence-corrected chi connectivity index (χ3v) is 10.3. The maximum atomic E-state index is 12.4. The molecule has 0 amide bonds. The SMILES string of the molecule is C#CCOc1cc(-n2nc(C(C)(C)C)oc2=O)c(Cl)cc1Cl.CP(=O)(O)CCC(N)C(=O)O.CS(=O)(=O)c1ccc(C(=O)C2C(=O)CCCC2=O)c([N+](=O)[O-])c1. The Morgan fingerprint density at radius 1 is 1.18 bits per heavy atom. The predicted octanol–water partition coefficient (Wildman–Crippen LogP) is 4.25. The highest BCUT2D eigenvalue weighted by Crippen LogP contribution is 2.36. The van der Waals surface area contributed by atoms with Crippen LogP contribution in [0.1, 0.15) is 62.7 Å². The first-order chi connectivity index (χ1) is 25.7. The van der Waals surface area contributed by atoms with E-state index in [9.17, 15) is 47.1 Å². The smallest absolute Gasteiger partial charge is 0.442 e. The number of nitrogens with two attached hydrogens (primary N) is 1. The molecule has 1 aliphatic rings. The minimum atomic E-state index is -3.70. The molecular formula is C34H39Cl2N4O14PS. The molecule has 1 heterocycles. The first-order valence-corrected chi connectivity index (χ1v) is 21.2. The number of carboxylic acid groups (broad SMARTS) is 1. The van der Waals surface area contributed by atoms with E-state index in [2.05, 4.69) is 11.0 Å². The van der Waals surface area contributed by atoms with Crippen molar-refractivity contribution in [1.82, 2.24) is 9.78 Å². The molecule has 18 nitrogen and oxygen atoms in total. The van der Waals surface area contributed by atoms with E-state index in [1.807, 2.05) is 20.8 Å². The van der Waals surface area contributed by atoms with Crippen LogP contribution < -0.4 is 16.2 Å². The fourth-order valence-corrected chi connectivity index (χ4v) is 6.52. The number of halogens is 2. The molecule has 3 aromatic rings. The van der Waals surface area contributed by atoms with Crippen molar-refractivity contribution in [3.8, 4) is 23.8 Å². The molecule has 1 fully saturated rings. The molecule has 4 N–H and O–H groups in total. The topological polar surface area (TPSA) is 286 Å². The fraction of sp³-hybridized carbons (Fsp3) is 0.412. The van der Waals surface area contributed by atoms with Crippen LogP contribution in [0.3, 0.4) is 0 Å². The first-order valence-electron chi connectivity index (χ1n) is 16.2. The first kappa shape index (κ1) is 47.5. The highest BCUT2D eigenvalue weighted by Gasteiger charge is 2.39. The molecule has 56 heavy (non-hydrogen) atoms. The van der Waals surface area contributed by atoms with Gasteiger partial charge in [-0.1, -0.05) is 49.9 Å². The average molecular weight is 862 g/mol. The van der Waals surface area contributed by atoms with Crippen molar-refractivity contribution in [3.05, 3.63) is 72.5 Å². The van der Waals surface area contributed by atoms with Crippen molar-refractivity contribution in [1.29, 1.82) is 0 Å². The Kier molecular flexibility index (Phi) is 16.5. The quantitative estimate of drug-likeness (QED) is 0.0606. The van der Waals surface area contributed by atoms with Crippen molar-refractivity contribution in [2.75, 3.05) is 25.7 Å². The Balaban J connectivity index is 0.000000309. The van der Waals surface area contributed by atoms with E-state index in [1.54, 1.807) is 0 Å². The van der Waals surface area contributed by atoms with E-state index in [4.69, 9.17) is 54.5 Å². The Labute approximate surface area is 330 Å². The second-order valence-corrected chi connectivity index (χ2v) is 18.7. The van der Waals surface area contributed by atoms with Crippen LogP contribution in [0, 0.1) is 28.4 Å². The van der Waals surface area contributed by atoms with Gasteiger partial charge in [0.25, 0.3) is 5.69 Å². The van der Waals surface area contributed by atoms with Crippen molar-refractivity contribution in [2.24, 2.45) is 11.7 Å². The molecule has 1 aromatic heterocycles. The summed E-state index contributed by atoms with van der Waals surface area (Å²) >= 11 is 12.2. The number of hydrogen-bond donors (Lipinski definition) is 3. The summed E-state index contributed by atoms with van der Waals surface area (Å²) in [7, 11) is -6.80. The van der Waals surface area contributed by atoms with Gasteiger partial charge in [-0.3, -0.25) is 33.9 Å². The Morgan fingerprint density at radius 3 is 2.23 bits per heavy atom. The maximum absolute atomic E-state index is 12.4. The van der Waals surface area contributed by atoms with Gasteiger partial charge in [-0.25, -0.2) is 13.2 Å². The van der Waals surface area contributed by atoms with Gasteiger partial charge in [0.2, 0.25) is 5.89 Å². The van der Waals surface area contributed by atoms with Gasteiger partial charge in [-0.05, 0) is 31.0 Å². The highest BCUT2D eigenvalue weighted by atomic mass is 35.5. The third-order valence-electron chi connectivity index (χ3n) is 7.51. The number of aromatic nitrogens is 2. The number of carbonyl (C=O) groups is 4. The number of aliphatic carboxylic acids is 1. The molecule has 0 spiro atoms. The number of carboxylic acids is 1. The van der Waals surface area contributed by atoms with Crippen molar-refractivity contribution in [3.63, 3.8) is 0 Å². The maximum Gasteiger partial charge on any atom is 0.442 e. The summed E-state index contributed by atoms with van der Waals surface area (Å²) in [6.45, 7) is 6.87. The van der Waals surface area contributed by atoms with E-state index >= 15 is 0 Å². The summed E-state index contributed by atoms with van der Waals surface area (Å²) in [5.74, 6) is -2.45. The Hall–Kier alpha value is -4.70. The van der Waals surface area contributed by atoms with Crippen LogP contribution in [0.4, 0.5) is 5.69 Å². The summed E-state index contributed by atoms with van der Waals surface area (Å²) in [6, 6.07) is 4.72. The van der Waals surface area contributed by atoms with Gasteiger partial charge in [-0.15, -0.1) is 11.5 Å². The summed E-state index contributed by atoms with van der Waals surface area (Å²) < 4.78 is 45.2. The normalized spacial score (nSPS) is 14.9. The van der Waals surface area contributed by atoms with Crippen LogP contribution in [-0.4, -0.2) is 88.2 Å². The van der Waals surface area contributed by atoms with Gasteiger partial charge in [0.15, 0.2) is 34.6 Å². The van der Waals surface area contributed by atoms with Crippen molar-refractivity contribution in [2.45, 2.75) is 62.8 Å². The summed E-state index contributed by atoms with van der Waals surface area (Å²) in [6.07, 6.45) is 6.52. The molecule has 4 rings (SSSR count). The minimum Gasteiger partial charge on any atom is -0.480 e. The molecule has 0 saturated heterocycles. The number of rotatable bonds is 11. The van der Waals surface area contributed by atoms with Crippen LogP contribution in [0.2, 0.25) is 10.0 Å². The molecule has 0 bridgehead atoms. The number of benzene rings is 2. The lowest BCUT2D eigenvalue weighted by atomic mass is 9.81. The predicted molar refractivity (Wildman–Crippen MR) is 204 cm³/mol. The number of sulfone groups is 1. The van der Waals surface area contributed by atoms with Crippen LogP contribution in [0.25, 0.3) is 5.69 Å². The average Bonchev–Trinajstić information content (AvgIpc) is 3.48. The fourth-order valence-electron chi connectivity index (χ4n) is 4.60. The Morgan fingerprint density at radius 2 is 1.77 bits per heavy atom. The van der Waals surface area contributed by atoms with Gasteiger partial charge in [0, 0.05) is 49.5 Å². The minimum absolute atomic E-state index is 0.0412. The van der Waals surface area contributed by atoms with Gasteiger partial charge in [-0.2, -0.15) is 4.68 Å². The molecule has 22 heteroatoms. The monoisotopic (exact) mass is 860 g/mol. The molecule has 304 valence electrons. The zero-order valence-electron chi connectivity index (χ0n) is 30.7. The second-order valence-electron chi connectivity index (χ2n) is 13.4. The number of nitro benzene ring substituents is 1. The van der Waals surface area contributed by atoms with Gasteiger partial charge < -0.3 is 24.9 Å². The largest absolute Gasteiger partial charge is 0.480 e. The lowest BCUT2D eigenvalue weighted by Gasteiger charge is -2.18. The lowest BCUT2D eigenvalue weighted by molar-refractivity contribution is -0.385. The van der Waals surface area contributed by atoms with Crippen LogP contribution in [0.5, 0.6) is 5.75 Å². The summed E-state index contributed by atoms with van der Waals surface area (Å²) in [5.41, 5.74) is 3.82. The van der Waals surface area contributed by atoms with Crippen LogP contribution in [0.15, 0.2) is 44.4 Å². The van der Waals surface area contributed by atoms with Gasteiger partial charge in [0.05, 0.1) is 31.1 Å². The number of terminal acetylenes is 1. The zero-order chi connectivity index (χ0) is 42.9. The summed E-state index contributed by atoms with van der Waals surface area (Å²) in [4.78, 5) is 76.9. The molecule has 2 atom stereocenters. The number of nitrogens with zero attached hydrogens (tertiary/aromatic N) is 3. The van der Waals surface area contributed by atoms with E-state index in [0.717, 1.165) is 29.1 Å². The van der Waals surface area contributed by atoms with Gasteiger partial charge in [0.1, 0.15) is 24.3 Å². The number of ketones is 3. The van der Waals surface area contributed by atoms with E-state index < -0.39 is 79.8 Å². The summed E-state index contributed by atoms with van der Waals surface area (Å²) in [5, 5.41) is 24.1. The number of ether oxygens (including phenoxy) is 1. The molecular weight excluding hydrogens is 822 g/mol. The number of Topliss-reactive ketones (excluding diaryl/α,β-unsaturated/α-hetero) is 3. The van der Waals surface area contributed by atoms with Crippen molar-refractivity contribution < 1.29 is 56.2 Å². The zero-order valence-corrected chi connectivity index (χ0v) is 33.9.